The van der Waals surface area contributed by atoms with Crippen molar-refractivity contribution in [2.75, 3.05) is 14.2 Å². The molecule has 4 bridgehead atoms. The zero-order valence-corrected chi connectivity index (χ0v) is 32.6. The predicted octanol–water partition coefficient (Wildman–Crippen LogP) is 10.5. The summed E-state index contributed by atoms with van der Waals surface area (Å²) >= 11 is 0. The second-order valence-corrected chi connectivity index (χ2v) is 21.4. The van der Waals surface area contributed by atoms with Crippen LogP contribution in [-0.2, 0) is 0 Å². The predicted molar refractivity (Wildman–Crippen MR) is 212 cm³/mol. The van der Waals surface area contributed by atoms with Crippen LogP contribution in [0.25, 0.3) is 0 Å². The summed E-state index contributed by atoms with van der Waals surface area (Å²) in [5.41, 5.74) is 10.7. The van der Waals surface area contributed by atoms with E-state index < -0.39 is 7.92 Å². The van der Waals surface area contributed by atoms with Gasteiger partial charge in [0.05, 0.1) is 14.2 Å². The van der Waals surface area contributed by atoms with E-state index >= 15 is 0 Å². The van der Waals surface area contributed by atoms with Crippen LogP contribution in [0.5, 0.6) is 11.5 Å². The average molecular weight is 691 g/mol. The monoisotopic (exact) mass is 690 g/mol. The molecular formula is C45H56O2P2. The van der Waals surface area contributed by atoms with Gasteiger partial charge in [-0.05, 0) is 183 Å². The highest BCUT2D eigenvalue weighted by molar-refractivity contribution is 7.80. The van der Waals surface area contributed by atoms with E-state index in [1.165, 1.54) is 95.1 Å². The zero-order valence-electron chi connectivity index (χ0n) is 30.8. The highest BCUT2D eigenvalue weighted by Gasteiger charge is 2.52. The molecule has 258 valence electrons. The van der Waals surface area contributed by atoms with Crippen molar-refractivity contribution < 1.29 is 9.47 Å². The summed E-state index contributed by atoms with van der Waals surface area (Å²) in [6.45, 7) is 11.5. The maximum atomic E-state index is 5.85. The molecule has 4 saturated carbocycles. The SMILES string of the molecule is COc1c(C)cc(P(c2cc(C)c(OC)c(C)c2)c2ccccc2C2C=CC=C2C(C)P(C2CC3CCC2C3)C2CC3CCC2C3)cc1C. The van der Waals surface area contributed by atoms with E-state index in [0.717, 1.165) is 46.5 Å². The molecule has 0 amide bonds. The zero-order chi connectivity index (χ0) is 34.0. The number of allylic oxidation sites excluding steroid dienone is 4. The van der Waals surface area contributed by atoms with Gasteiger partial charge in [-0.2, -0.15) is 0 Å². The highest BCUT2D eigenvalue weighted by Crippen LogP contribution is 2.70. The van der Waals surface area contributed by atoms with Crippen LogP contribution in [0.4, 0.5) is 0 Å². The van der Waals surface area contributed by atoms with Crippen LogP contribution in [0.2, 0.25) is 0 Å². The Morgan fingerprint density at radius 2 is 1.18 bits per heavy atom. The molecule has 49 heavy (non-hydrogen) atoms. The first-order valence-corrected chi connectivity index (χ1v) is 22.0. The molecule has 5 aliphatic rings. The van der Waals surface area contributed by atoms with E-state index in [9.17, 15) is 0 Å². The summed E-state index contributed by atoms with van der Waals surface area (Å²) in [6, 6.07) is 19.1. The number of benzene rings is 3. The van der Waals surface area contributed by atoms with Crippen molar-refractivity contribution in [2.45, 2.75) is 109 Å². The fraction of sp³-hybridized carbons (Fsp3) is 0.511. The molecule has 8 rings (SSSR count). The van der Waals surface area contributed by atoms with E-state index in [1.807, 2.05) is 0 Å². The molecule has 0 spiro atoms. The second kappa shape index (κ2) is 13.6. The minimum atomic E-state index is -0.828. The van der Waals surface area contributed by atoms with Gasteiger partial charge in [-0.15, -0.1) is 0 Å². The molecule has 3 aromatic rings. The molecule has 0 radical (unpaired) electrons. The van der Waals surface area contributed by atoms with Crippen molar-refractivity contribution in [3.63, 3.8) is 0 Å². The lowest BCUT2D eigenvalue weighted by atomic mass is 9.92. The van der Waals surface area contributed by atoms with E-state index in [-0.39, 0.29) is 7.92 Å². The van der Waals surface area contributed by atoms with E-state index in [0.29, 0.717) is 11.6 Å². The number of ether oxygens (including phenoxy) is 2. The molecule has 0 saturated heterocycles. The first-order valence-electron chi connectivity index (χ1n) is 19.1. The van der Waals surface area contributed by atoms with Crippen LogP contribution in [0.1, 0.15) is 92.0 Å². The molecular weight excluding hydrogens is 634 g/mol. The summed E-state index contributed by atoms with van der Waals surface area (Å²) in [7, 11) is 2.72. The number of hydrogen-bond donors (Lipinski definition) is 0. The van der Waals surface area contributed by atoms with Gasteiger partial charge in [-0.25, -0.2) is 0 Å². The Morgan fingerprint density at radius 1 is 0.673 bits per heavy atom. The highest BCUT2D eigenvalue weighted by atomic mass is 31.1. The third kappa shape index (κ3) is 5.96. The van der Waals surface area contributed by atoms with Gasteiger partial charge in [0.25, 0.3) is 0 Å². The Labute approximate surface area is 298 Å². The van der Waals surface area contributed by atoms with Crippen LogP contribution in [0.15, 0.2) is 72.3 Å². The van der Waals surface area contributed by atoms with Crippen LogP contribution < -0.4 is 25.4 Å². The summed E-state index contributed by atoms with van der Waals surface area (Å²) in [4.78, 5) is 0. The first-order chi connectivity index (χ1) is 23.7. The Kier molecular flexibility index (Phi) is 9.38. The molecule has 0 heterocycles. The van der Waals surface area contributed by atoms with Crippen LogP contribution in [0.3, 0.4) is 0 Å². The van der Waals surface area contributed by atoms with E-state index in [2.05, 4.69) is 101 Å². The third-order valence-corrected chi connectivity index (χ3v) is 19.8. The Hall–Kier alpha value is -2.40. The molecule has 0 aromatic heterocycles. The van der Waals surface area contributed by atoms with Crippen molar-refractivity contribution in [2.24, 2.45) is 23.7 Å². The van der Waals surface area contributed by atoms with Crippen molar-refractivity contribution in [1.29, 1.82) is 0 Å². The van der Waals surface area contributed by atoms with Gasteiger partial charge in [0.15, 0.2) is 0 Å². The fourth-order valence-electron chi connectivity index (χ4n) is 11.5. The minimum absolute atomic E-state index is 0.0536. The van der Waals surface area contributed by atoms with Crippen LogP contribution in [-0.4, -0.2) is 31.2 Å². The Bertz CT molecular complexity index is 1650. The summed E-state index contributed by atoms with van der Waals surface area (Å²) in [5.74, 6) is 6.41. The van der Waals surface area contributed by atoms with Gasteiger partial charge in [0, 0.05) is 5.92 Å². The molecule has 2 nitrogen and oxygen atoms in total. The van der Waals surface area contributed by atoms with Crippen molar-refractivity contribution in [3.05, 3.63) is 100 Å². The molecule has 4 fully saturated rings. The summed E-state index contributed by atoms with van der Waals surface area (Å²) < 4.78 is 11.7. The first kappa shape index (κ1) is 33.7. The number of methoxy groups -OCH3 is 2. The fourth-order valence-corrected chi connectivity index (χ4v) is 19.1. The lowest BCUT2D eigenvalue weighted by Gasteiger charge is -2.44. The molecule has 4 heteroatoms. The summed E-state index contributed by atoms with van der Waals surface area (Å²) in [6.07, 6.45) is 19.7. The smallest absolute Gasteiger partial charge is 0.124 e. The third-order valence-electron chi connectivity index (χ3n) is 13.4. The van der Waals surface area contributed by atoms with Gasteiger partial charge < -0.3 is 9.47 Å². The Balaban J connectivity index is 1.21. The maximum absolute atomic E-state index is 5.85. The van der Waals surface area contributed by atoms with Gasteiger partial charge in [0.2, 0.25) is 0 Å². The van der Waals surface area contributed by atoms with Crippen LogP contribution in [0, 0.1) is 51.4 Å². The second-order valence-electron chi connectivity index (χ2n) is 16.3. The maximum Gasteiger partial charge on any atom is 0.124 e. The van der Waals surface area contributed by atoms with Crippen molar-refractivity contribution in [3.8, 4) is 11.5 Å². The molecule has 0 N–H and O–H groups in total. The standard InChI is InChI=1S/C45H56O2P2/c1-27-19-36(20-28(2)44(27)46-6)49(37-21-29(3)45(47-7)30(4)22-37)41-14-9-8-11-40(41)39-13-10-12-38(39)31(5)48(42-25-32-15-17-34(42)23-32)43-26-33-16-18-35(43)24-33/h8-14,19-22,31-35,39,42-43H,15-18,23-26H2,1-7H3. The lowest BCUT2D eigenvalue weighted by molar-refractivity contribution is 0.408. The number of rotatable bonds is 10. The largest absolute Gasteiger partial charge is 0.496 e. The number of fused-ring (bicyclic) bond motifs is 4. The molecule has 5 aliphatic carbocycles. The topological polar surface area (TPSA) is 18.5 Å². The van der Waals surface area contributed by atoms with E-state index in [4.69, 9.17) is 9.47 Å². The normalized spacial score (nSPS) is 29.6. The van der Waals surface area contributed by atoms with Crippen LogP contribution >= 0.6 is 15.8 Å². The number of hydrogen-bond acceptors (Lipinski definition) is 2. The Morgan fingerprint density at radius 3 is 1.63 bits per heavy atom. The summed E-state index contributed by atoms with van der Waals surface area (Å²) in [5, 5.41) is 4.28. The molecule has 0 aliphatic heterocycles. The molecule has 3 aromatic carbocycles. The lowest BCUT2D eigenvalue weighted by Crippen LogP contribution is -2.31. The van der Waals surface area contributed by atoms with Crippen molar-refractivity contribution >= 4 is 31.8 Å². The van der Waals surface area contributed by atoms with Gasteiger partial charge in [-0.1, -0.05) is 75.8 Å². The van der Waals surface area contributed by atoms with Gasteiger partial charge in [0.1, 0.15) is 11.5 Å². The van der Waals surface area contributed by atoms with Gasteiger partial charge in [-0.3, -0.25) is 0 Å². The van der Waals surface area contributed by atoms with Gasteiger partial charge >= 0.3 is 0 Å². The molecule has 8 unspecified atom stereocenters. The van der Waals surface area contributed by atoms with E-state index in [1.54, 1.807) is 19.8 Å². The van der Waals surface area contributed by atoms with Crippen molar-refractivity contribution in [1.82, 2.24) is 0 Å². The minimum Gasteiger partial charge on any atom is -0.496 e. The average Bonchev–Trinajstić information content (AvgIpc) is 3.93. The number of aryl methyl sites for hydroxylation is 4. The quantitative estimate of drug-likeness (QED) is 0.197. The molecule has 8 atom stereocenters.